The van der Waals surface area contributed by atoms with Crippen LogP contribution in [0.5, 0.6) is 11.5 Å². The van der Waals surface area contributed by atoms with E-state index in [9.17, 15) is 9.59 Å². The minimum absolute atomic E-state index is 0. The van der Waals surface area contributed by atoms with Crippen LogP contribution in [0.3, 0.4) is 0 Å². The van der Waals surface area contributed by atoms with Crippen LogP contribution in [0.25, 0.3) is 0 Å². The fourth-order valence-electron chi connectivity index (χ4n) is 3.22. The van der Waals surface area contributed by atoms with Crippen molar-refractivity contribution < 1.29 is 70.8 Å². The van der Waals surface area contributed by atoms with Crippen LogP contribution in [-0.4, -0.2) is 24.4 Å². The molecule has 0 bridgehead atoms. The Morgan fingerprint density at radius 2 is 1.87 bits per heavy atom. The standard InChI is InChI=1S/C15H20NO2.C9H8O2.K/c1-11-8-9-13(10-14(11)18-2)16-15(17)12-6-4-3-5-7-12;1-6-3-9(11)4-8(5-10)7(6)2;/h3,8-10,12H,4-7H2,1-2H3,(H,16,17);3-4,11H,2H2,1H3;/q-1;-2;+1. The van der Waals surface area contributed by atoms with Crippen molar-refractivity contribution in [2.45, 2.75) is 39.5 Å². The summed E-state index contributed by atoms with van der Waals surface area (Å²) in [5.41, 5.74) is 3.63. The van der Waals surface area contributed by atoms with Gasteiger partial charge in [-0.2, -0.15) is 18.9 Å². The second-order valence-corrected chi connectivity index (χ2v) is 7.20. The van der Waals surface area contributed by atoms with Crippen molar-refractivity contribution in [2.24, 2.45) is 5.92 Å². The Balaban J connectivity index is 0.000000324. The van der Waals surface area contributed by atoms with E-state index in [0.717, 1.165) is 48.2 Å². The summed E-state index contributed by atoms with van der Waals surface area (Å²) in [6.45, 7) is 7.43. The van der Waals surface area contributed by atoms with E-state index >= 15 is 0 Å². The molecule has 1 fully saturated rings. The average Bonchev–Trinajstić information content (AvgIpc) is 2.73. The third-order valence-corrected chi connectivity index (χ3v) is 5.05. The average molecular weight is 434 g/mol. The fraction of sp³-hybridized carbons (Fsp3) is 0.333. The molecule has 0 heterocycles. The van der Waals surface area contributed by atoms with E-state index in [-0.39, 0.29) is 69.0 Å². The number of amides is 1. The summed E-state index contributed by atoms with van der Waals surface area (Å²) in [5, 5.41) is 12.0. The molecule has 0 unspecified atom stereocenters. The normalized spacial score (nSPS) is 13.3. The minimum Gasteiger partial charge on any atom is -0.523 e. The van der Waals surface area contributed by atoms with Gasteiger partial charge >= 0.3 is 51.4 Å². The fourth-order valence-corrected chi connectivity index (χ4v) is 3.22. The van der Waals surface area contributed by atoms with E-state index in [2.05, 4.69) is 18.7 Å². The smallest absolute Gasteiger partial charge is 0.523 e. The number of carbonyl (C=O) groups excluding carboxylic acids is 2. The number of rotatable bonds is 4. The van der Waals surface area contributed by atoms with Gasteiger partial charge in [-0.15, -0.1) is 0 Å². The summed E-state index contributed by atoms with van der Waals surface area (Å²) in [6, 6.07) is 8.67. The predicted octanol–water partition coefficient (Wildman–Crippen LogP) is 1.68. The van der Waals surface area contributed by atoms with Gasteiger partial charge < -0.3 is 26.4 Å². The van der Waals surface area contributed by atoms with E-state index in [1.165, 1.54) is 6.07 Å². The summed E-state index contributed by atoms with van der Waals surface area (Å²) < 4.78 is 5.26. The maximum absolute atomic E-state index is 12.1. The van der Waals surface area contributed by atoms with Crippen LogP contribution in [0.15, 0.2) is 30.3 Å². The van der Waals surface area contributed by atoms with E-state index in [0.29, 0.717) is 11.1 Å². The monoisotopic (exact) mass is 433 g/mol. The van der Waals surface area contributed by atoms with E-state index in [1.54, 1.807) is 26.4 Å². The van der Waals surface area contributed by atoms with Gasteiger partial charge in [0.2, 0.25) is 5.91 Å². The van der Waals surface area contributed by atoms with Crippen molar-refractivity contribution in [3.8, 4) is 11.5 Å². The number of ether oxygens (including phenoxy) is 1. The third kappa shape index (κ3) is 7.74. The molecule has 2 N–H and O–H groups in total. The first-order chi connectivity index (χ1) is 13.8. The molecule has 6 heteroatoms. The molecule has 1 aliphatic carbocycles. The van der Waals surface area contributed by atoms with Crippen LogP contribution in [0.1, 0.15) is 47.9 Å². The first kappa shape index (κ1) is 26.7. The zero-order valence-corrected chi connectivity index (χ0v) is 21.4. The van der Waals surface area contributed by atoms with Crippen molar-refractivity contribution in [2.75, 3.05) is 12.4 Å². The van der Waals surface area contributed by atoms with E-state index in [4.69, 9.17) is 9.84 Å². The van der Waals surface area contributed by atoms with E-state index in [1.807, 2.05) is 25.1 Å². The van der Waals surface area contributed by atoms with Crippen LogP contribution in [0.4, 0.5) is 5.69 Å². The van der Waals surface area contributed by atoms with Crippen molar-refractivity contribution in [1.29, 1.82) is 0 Å². The molecular formula is C24H28KNO4-2. The topological polar surface area (TPSA) is 75.6 Å². The number of phenolic OH excluding ortho intramolecular Hbond substituents is 1. The number of benzene rings is 2. The van der Waals surface area contributed by atoms with Crippen LogP contribution in [0, 0.1) is 33.1 Å². The quantitative estimate of drug-likeness (QED) is 0.568. The Hall–Kier alpha value is -1.31. The van der Waals surface area contributed by atoms with Gasteiger partial charge in [-0.3, -0.25) is 22.8 Å². The Kier molecular flexibility index (Phi) is 11.7. The molecule has 1 saturated carbocycles. The number of aromatic hydroxyl groups is 1. The number of anilines is 1. The van der Waals surface area contributed by atoms with Gasteiger partial charge in [-0.05, 0) is 24.8 Å². The van der Waals surface area contributed by atoms with Crippen molar-refractivity contribution >= 4 is 17.9 Å². The second-order valence-electron chi connectivity index (χ2n) is 7.20. The minimum atomic E-state index is 0. The Morgan fingerprint density at radius 3 is 2.47 bits per heavy atom. The summed E-state index contributed by atoms with van der Waals surface area (Å²) in [6.07, 6.45) is 8.00. The molecule has 0 spiro atoms. The zero-order chi connectivity index (χ0) is 21.4. The maximum Gasteiger partial charge on any atom is 1.00 e. The van der Waals surface area contributed by atoms with Crippen molar-refractivity contribution in [1.82, 2.24) is 0 Å². The molecule has 0 aliphatic heterocycles. The van der Waals surface area contributed by atoms with Gasteiger partial charge in [0.1, 0.15) is 5.75 Å². The molecule has 0 atom stereocenters. The molecule has 156 valence electrons. The molecule has 1 amide bonds. The number of methoxy groups -OCH3 is 1. The van der Waals surface area contributed by atoms with Gasteiger partial charge in [-0.25, -0.2) is 5.56 Å². The zero-order valence-electron chi connectivity index (χ0n) is 18.2. The molecule has 2 aromatic rings. The predicted molar refractivity (Wildman–Crippen MR) is 115 cm³/mol. The first-order valence-corrected chi connectivity index (χ1v) is 9.66. The van der Waals surface area contributed by atoms with Crippen molar-refractivity contribution in [3.63, 3.8) is 0 Å². The summed E-state index contributed by atoms with van der Waals surface area (Å²) in [4.78, 5) is 22.3. The van der Waals surface area contributed by atoms with Gasteiger partial charge in [-0.1, -0.05) is 31.9 Å². The Labute approximate surface area is 222 Å². The molecule has 2 aromatic carbocycles. The number of phenols is 1. The molecule has 0 saturated heterocycles. The van der Waals surface area contributed by atoms with Crippen LogP contribution < -0.4 is 61.4 Å². The number of hydrogen-bond acceptors (Lipinski definition) is 4. The van der Waals surface area contributed by atoms with Gasteiger partial charge in [0.05, 0.1) is 7.11 Å². The number of nitrogens with one attached hydrogen (secondary N) is 1. The van der Waals surface area contributed by atoms with Crippen LogP contribution in [0.2, 0.25) is 0 Å². The first-order valence-electron chi connectivity index (χ1n) is 9.66. The van der Waals surface area contributed by atoms with E-state index < -0.39 is 0 Å². The van der Waals surface area contributed by atoms with Gasteiger partial charge in [0.25, 0.3) is 0 Å². The largest absolute Gasteiger partial charge is 1.00 e. The molecule has 0 radical (unpaired) electrons. The molecule has 30 heavy (non-hydrogen) atoms. The molecule has 3 rings (SSSR count). The molecule has 5 nitrogen and oxygen atoms in total. The molecule has 0 aromatic heterocycles. The maximum atomic E-state index is 12.1. The van der Waals surface area contributed by atoms with Crippen LogP contribution in [-0.2, 0) is 9.59 Å². The summed E-state index contributed by atoms with van der Waals surface area (Å²) in [7, 11) is 1.64. The summed E-state index contributed by atoms with van der Waals surface area (Å²) >= 11 is 0. The molecule has 1 aliphatic rings. The number of carbonyl (C=O) groups is 1. The Bertz CT molecular complexity index is 861. The second kappa shape index (κ2) is 13.2. The number of hydrogen-bond donors (Lipinski definition) is 2. The van der Waals surface area contributed by atoms with Gasteiger partial charge in [0.15, 0.2) is 0 Å². The number of aryl methyl sites for hydroxylation is 2. The SMILES string of the molecule is COc1cc(NC(=O)C2CC[CH-]CC2)ccc1C.[CH2-]c1c(C)cc(O)cc1[C-]=O.[K+]. The summed E-state index contributed by atoms with van der Waals surface area (Å²) in [5.74, 6) is 1.18. The third-order valence-electron chi connectivity index (χ3n) is 5.05. The van der Waals surface area contributed by atoms with Gasteiger partial charge in [0, 0.05) is 23.4 Å². The Morgan fingerprint density at radius 1 is 1.20 bits per heavy atom. The molecular weight excluding hydrogens is 405 g/mol. The van der Waals surface area contributed by atoms with Crippen molar-refractivity contribution in [3.05, 3.63) is 65.9 Å². The van der Waals surface area contributed by atoms with Crippen LogP contribution >= 0.6 is 0 Å².